The smallest absolute Gasteiger partial charge is 0.123 e. The minimum absolute atomic E-state index is 0.183. The molecule has 1 nitrogen and oxygen atoms in total. The lowest BCUT2D eigenvalue weighted by molar-refractivity contribution is 0.425. The third-order valence-electron chi connectivity index (χ3n) is 4.58. The zero-order valence-electron chi connectivity index (χ0n) is 11.4. The molecule has 0 spiro atoms. The van der Waals surface area contributed by atoms with Gasteiger partial charge in [0.2, 0.25) is 0 Å². The summed E-state index contributed by atoms with van der Waals surface area (Å²) in [5, 5.41) is 3.66. The molecule has 21 heavy (non-hydrogen) atoms. The molecule has 1 aliphatic heterocycles. The number of benzene rings is 2. The summed E-state index contributed by atoms with van der Waals surface area (Å²) in [7, 11) is 0. The first-order valence-corrected chi connectivity index (χ1v) is 8.00. The fourth-order valence-corrected chi connectivity index (χ4v) is 4.08. The largest absolute Gasteiger partial charge is 0.377 e. The van der Waals surface area contributed by atoms with Gasteiger partial charge in [-0.25, -0.2) is 4.39 Å². The van der Waals surface area contributed by atoms with E-state index < -0.39 is 0 Å². The van der Waals surface area contributed by atoms with E-state index in [1.54, 1.807) is 12.1 Å². The first-order chi connectivity index (χ1) is 10.2. The fraction of sp³-hybridized carbons (Fsp3) is 0.222. The van der Waals surface area contributed by atoms with Crippen LogP contribution in [0.2, 0.25) is 0 Å². The zero-order chi connectivity index (χ0) is 14.4. The molecule has 2 aliphatic rings. The van der Waals surface area contributed by atoms with E-state index in [0.29, 0.717) is 11.8 Å². The molecule has 106 valence electrons. The quantitative estimate of drug-likeness (QED) is 0.682. The highest BCUT2D eigenvalue weighted by atomic mass is 79.9. The maximum absolute atomic E-state index is 13.2. The highest BCUT2D eigenvalue weighted by Gasteiger charge is 2.38. The molecule has 2 aromatic carbocycles. The predicted octanol–water partition coefficient (Wildman–Crippen LogP) is 5.41. The summed E-state index contributed by atoms with van der Waals surface area (Å²) < 4.78 is 14.3. The summed E-state index contributed by atoms with van der Waals surface area (Å²) in [6, 6.07) is 13.4. The van der Waals surface area contributed by atoms with Crippen LogP contribution in [-0.4, -0.2) is 0 Å². The Bertz CT molecular complexity index is 708. The summed E-state index contributed by atoms with van der Waals surface area (Å²) in [6.45, 7) is 0. The predicted molar refractivity (Wildman–Crippen MR) is 86.9 cm³/mol. The van der Waals surface area contributed by atoms with Crippen LogP contribution in [0.5, 0.6) is 0 Å². The van der Waals surface area contributed by atoms with E-state index in [1.807, 2.05) is 12.1 Å². The number of nitrogens with one attached hydrogen (secondary N) is 1. The first-order valence-electron chi connectivity index (χ1n) is 7.21. The summed E-state index contributed by atoms with van der Waals surface area (Å²) in [5.41, 5.74) is 3.66. The third kappa shape index (κ3) is 2.11. The van der Waals surface area contributed by atoms with Gasteiger partial charge in [0.1, 0.15) is 5.82 Å². The van der Waals surface area contributed by atoms with Gasteiger partial charge in [0.25, 0.3) is 0 Å². The summed E-state index contributed by atoms with van der Waals surface area (Å²) in [6.07, 6.45) is 5.64. The Morgan fingerprint density at radius 2 is 1.90 bits per heavy atom. The molecular formula is C18H15BrFN. The van der Waals surface area contributed by atoms with E-state index >= 15 is 0 Å². The second-order valence-electron chi connectivity index (χ2n) is 5.73. The van der Waals surface area contributed by atoms with E-state index in [9.17, 15) is 4.39 Å². The number of fused-ring (bicyclic) bond motifs is 3. The number of rotatable bonds is 1. The molecule has 1 aliphatic carbocycles. The van der Waals surface area contributed by atoms with Crippen molar-refractivity contribution in [3.05, 3.63) is 76.0 Å². The molecule has 3 heteroatoms. The van der Waals surface area contributed by atoms with Crippen molar-refractivity contribution in [3.63, 3.8) is 0 Å². The molecule has 0 unspecified atom stereocenters. The molecule has 0 aromatic heterocycles. The number of halogens is 2. The molecule has 2 aromatic rings. The minimum atomic E-state index is -0.183. The van der Waals surface area contributed by atoms with Crippen molar-refractivity contribution in [2.24, 2.45) is 5.92 Å². The van der Waals surface area contributed by atoms with Gasteiger partial charge in [0.05, 0.1) is 11.7 Å². The average molecular weight is 344 g/mol. The molecule has 0 bridgehead atoms. The zero-order valence-corrected chi connectivity index (χ0v) is 13.0. The van der Waals surface area contributed by atoms with Crippen molar-refractivity contribution >= 4 is 21.6 Å². The molecule has 3 atom stereocenters. The van der Waals surface area contributed by atoms with Crippen molar-refractivity contribution < 1.29 is 4.39 Å². The van der Waals surface area contributed by atoms with Crippen molar-refractivity contribution in [3.8, 4) is 0 Å². The van der Waals surface area contributed by atoms with Gasteiger partial charge in [-0.2, -0.15) is 0 Å². The van der Waals surface area contributed by atoms with Crippen molar-refractivity contribution in [1.29, 1.82) is 0 Å². The van der Waals surface area contributed by atoms with Gasteiger partial charge >= 0.3 is 0 Å². The van der Waals surface area contributed by atoms with Gasteiger partial charge < -0.3 is 5.32 Å². The van der Waals surface area contributed by atoms with Crippen LogP contribution in [0.3, 0.4) is 0 Å². The van der Waals surface area contributed by atoms with E-state index in [0.717, 1.165) is 16.5 Å². The summed E-state index contributed by atoms with van der Waals surface area (Å²) >= 11 is 3.64. The highest BCUT2D eigenvalue weighted by molar-refractivity contribution is 9.10. The Kier molecular flexibility index (Phi) is 3.11. The van der Waals surface area contributed by atoms with E-state index in [1.165, 1.54) is 11.3 Å². The maximum atomic E-state index is 13.2. The lowest BCUT2D eigenvalue weighted by Gasteiger charge is -2.38. The van der Waals surface area contributed by atoms with Crippen LogP contribution in [-0.2, 0) is 0 Å². The molecule has 0 amide bonds. The fourth-order valence-electron chi connectivity index (χ4n) is 3.58. The normalized spacial score (nSPS) is 26.1. The molecule has 1 heterocycles. The topological polar surface area (TPSA) is 12.0 Å². The molecule has 4 rings (SSSR count). The Balaban J connectivity index is 1.81. The standard InChI is InChI=1S/C18H15BrFN/c19-16-6-2-5-15-13-3-1-4-14(13)17(21-18(15)16)11-7-9-12(20)10-8-11/h1-3,5-10,13-14,17,21H,4H2/t13-,14+,17+/m1/s1. The van der Waals surface area contributed by atoms with E-state index in [2.05, 4.69) is 51.6 Å². The van der Waals surface area contributed by atoms with Crippen LogP contribution in [0.4, 0.5) is 10.1 Å². The minimum Gasteiger partial charge on any atom is -0.377 e. The number of para-hydroxylation sites is 1. The van der Waals surface area contributed by atoms with E-state index in [-0.39, 0.29) is 11.9 Å². The number of hydrogen-bond donors (Lipinski definition) is 1. The number of hydrogen-bond acceptors (Lipinski definition) is 1. The SMILES string of the molecule is Fc1ccc([C@@H]2Nc3c(Br)cccc3[C@@H]3C=CC[C@@H]32)cc1. The first kappa shape index (κ1) is 13.1. The van der Waals surface area contributed by atoms with Crippen LogP contribution in [0.1, 0.15) is 29.5 Å². The maximum Gasteiger partial charge on any atom is 0.123 e. The Labute approximate surface area is 132 Å². The third-order valence-corrected chi connectivity index (χ3v) is 5.24. The molecule has 0 radical (unpaired) electrons. The Morgan fingerprint density at radius 3 is 2.71 bits per heavy atom. The van der Waals surface area contributed by atoms with Crippen LogP contribution >= 0.6 is 15.9 Å². The van der Waals surface area contributed by atoms with E-state index in [4.69, 9.17) is 0 Å². The lowest BCUT2D eigenvalue weighted by atomic mass is 9.77. The molecule has 0 fully saturated rings. The van der Waals surface area contributed by atoms with Crippen molar-refractivity contribution in [1.82, 2.24) is 0 Å². The van der Waals surface area contributed by atoms with Crippen molar-refractivity contribution in [2.75, 3.05) is 5.32 Å². The summed E-state index contributed by atoms with van der Waals surface area (Å²) in [4.78, 5) is 0. The second-order valence-corrected chi connectivity index (χ2v) is 6.59. The number of allylic oxidation sites excluding steroid dienone is 2. The van der Waals surface area contributed by atoms with Crippen LogP contribution in [0.15, 0.2) is 59.1 Å². The molecule has 0 saturated carbocycles. The average Bonchev–Trinajstić information content (AvgIpc) is 2.98. The Morgan fingerprint density at radius 1 is 1.10 bits per heavy atom. The van der Waals surface area contributed by atoms with Gasteiger partial charge in [-0.05, 0) is 57.6 Å². The molecule has 1 N–H and O–H groups in total. The van der Waals surface area contributed by atoms with Crippen molar-refractivity contribution in [2.45, 2.75) is 18.4 Å². The van der Waals surface area contributed by atoms with Gasteiger partial charge in [0, 0.05) is 10.4 Å². The Hall–Kier alpha value is -1.61. The summed E-state index contributed by atoms with van der Waals surface area (Å²) in [5.74, 6) is 0.753. The molecule has 0 saturated heterocycles. The highest BCUT2D eigenvalue weighted by Crippen LogP contribution is 2.51. The molecular weight excluding hydrogens is 329 g/mol. The second kappa shape index (κ2) is 4.99. The van der Waals surface area contributed by atoms with Crippen LogP contribution in [0, 0.1) is 11.7 Å². The van der Waals surface area contributed by atoms with Crippen LogP contribution < -0.4 is 5.32 Å². The van der Waals surface area contributed by atoms with Gasteiger partial charge in [0.15, 0.2) is 0 Å². The number of anilines is 1. The van der Waals surface area contributed by atoms with Gasteiger partial charge in [-0.15, -0.1) is 0 Å². The lowest BCUT2D eigenvalue weighted by Crippen LogP contribution is -2.29. The van der Waals surface area contributed by atoms with Gasteiger partial charge in [-0.1, -0.05) is 36.4 Å². The van der Waals surface area contributed by atoms with Gasteiger partial charge in [-0.3, -0.25) is 0 Å². The monoisotopic (exact) mass is 343 g/mol. The van der Waals surface area contributed by atoms with Crippen LogP contribution in [0.25, 0.3) is 0 Å².